The molecule has 0 radical (unpaired) electrons. The summed E-state index contributed by atoms with van der Waals surface area (Å²) in [5.74, 6) is -4.30. The molecule has 0 spiro atoms. The first-order valence-corrected chi connectivity index (χ1v) is 12.3. The maximum absolute atomic E-state index is 15.3. The zero-order chi connectivity index (χ0) is 27.8. The van der Waals surface area contributed by atoms with Crippen molar-refractivity contribution in [2.75, 3.05) is 26.2 Å². The van der Waals surface area contributed by atoms with Gasteiger partial charge >= 0.3 is 12.1 Å². The molecule has 1 aromatic carbocycles. The van der Waals surface area contributed by atoms with Crippen molar-refractivity contribution in [1.29, 1.82) is 0 Å². The van der Waals surface area contributed by atoms with Gasteiger partial charge in [0.25, 0.3) is 5.91 Å². The summed E-state index contributed by atoms with van der Waals surface area (Å²) in [4.78, 5) is 49.0. The van der Waals surface area contributed by atoms with Crippen molar-refractivity contribution in [3.05, 3.63) is 45.2 Å². The average Bonchev–Trinajstić information content (AvgIpc) is 2.88. The van der Waals surface area contributed by atoms with Crippen LogP contribution in [0, 0.1) is 11.6 Å². The van der Waals surface area contributed by atoms with Crippen molar-refractivity contribution in [2.45, 2.75) is 45.1 Å². The molecule has 14 heteroatoms. The number of aryl methyl sites for hydroxylation is 1. The van der Waals surface area contributed by atoms with Gasteiger partial charge in [0, 0.05) is 31.9 Å². The number of rotatable bonds is 11. The van der Waals surface area contributed by atoms with Gasteiger partial charge in [-0.1, -0.05) is 13.3 Å². The summed E-state index contributed by atoms with van der Waals surface area (Å²) in [6.07, 6.45) is 2.09. The fourth-order valence-corrected chi connectivity index (χ4v) is 3.94. The second-order valence-corrected chi connectivity index (χ2v) is 8.84. The van der Waals surface area contributed by atoms with E-state index in [2.05, 4.69) is 26.6 Å². The van der Waals surface area contributed by atoms with Gasteiger partial charge in [-0.3, -0.25) is 25.5 Å². The number of carboxylic acid groups (broad SMARTS) is 1. The Morgan fingerprint density at radius 3 is 2.63 bits per heavy atom. The summed E-state index contributed by atoms with van der Waals surface area (Å²) >= 11 is 0. The van der Waals surface area contributed by atoms with Gasteiger partial charge in [0.1, 0.15) is 23.7 Å². The fourth-order valence-electron chi connectivity index (χ4n) is 3.94. The SMILES string of the molecule is CCCCOC(=O)NC(CNC(=O)c1cn(C)c2c(F)c(CNC3NCCCN3)c(F)cc2c1=O)C(=O)O. The largest absolute Gasteiger partial charge is 0.480 e. The standard InChI is InChI=1S/C24H32F2N6O6/c1-3-4-8-38-24(37)31-17(22(35)36)11-29-21(34)15-12-32(2)19-13(20(15)33)9-16(25)14(18(19)26)10-30-23-27-6-5-7-28-23/h9,12,17,23,27-28,30H,3-8,10-11H2,1-2H3,(H,29,34)(H,31,37)(H,35,36). The molecule has 208 valence electrons. The number of nitrogens with one attached hydrogen (secondary N) is 5. The number of alkyl carbamates (subject to hydrolysis) is 1. The minimum atomic E-state index is -1.53. The Morgan fingerprint density at radius 2 is 1.97 bits per heavy atom. The fraction of sp³-hybridized carbons (Fsp3) is 0.500. The van der Waals surface area contributed by atoms with Crippen LogP contribution < -0.4 is 32.0 Å². The molecule has 1 fully saturated rings. The number of amides is 2. The molecule has 3 rings (SSSR count). The van der Waals surface area contributed by atoms with Crippen molar-refractivity contribution in [3.8, 4) is 0 Å². The summed E-state index contributed by atoms with van der Waals surface area (Å²) in [5.41, 5.74) is -1.83. The van der Waals surface area contributed by atoms with E-state index >= 15 is 4.39 Å². The number of fused-ring (bicyclic) bond motifs is 1. The maximum atomic E-state index is 15.3. The van der Waals surface area contributed by atoms with Crippen LogP contribution in [0.15, 0.2) is 17.1 Å². The maximum Gasteiger partial charge on any atom is 0.407 e. The number of hydrogen-bond donors (Lipinski definition) is 6. The highest BCUT2D eigenvalue weighted by atomic mass is 19.1. The number of carbonyl (C=O) groups excluding carboxylic acids is 2. The van der Waals surface area contributed by atoms with E-state index in [1.54, 1.807) is 0 Å². The van der Waals surface area contributed by atoms with E-state index in [0.29, 0.717) is 6.42 Å². The third-order valence-electron chi connectivity index (χ3n) is 6.02. The van der Waals surface area contributed by atoms with E-state index in [1.165, 1.54) is 11.6 Å². The topological polar surface area (TPSA) is 163 Å². The van der Waals surface area contributed by atoms with E-state index in [0.717, 1.165) is 38.2 Å². The number of nitrogens with zero attached hydrogens (tertiary/aromatic N) is 1. The van der Waals surface area contributed by atoms with Crippen LogP contribution in [0.5, 0.6) is 0 Å². The summed E-state index contributed by atoms with van der Waals surface area (Å²) in [5, 5.41) is 22.6. The molecule has 6 N–H and O–H groups in total. The van der Waals surface area contributed by atoms with Crippen LogP contribution in [-0.4, -0.2) is 66.2 Å². The molecule has 0 saturated carbocycles. The molecule has 12 nitrogen and oxygen atoms in total. The molecule has 1 aliphatic heterocycles. The van der Waals surface area contributed by atoms with Crippen LogP contribution in [0.25, 0.3) is 10.9 Å². The lowest BCUT2D eigenvalue weighted by atomic mass is 10.1. The Morgan fingerprint density at radius 1 is 1.26 bits per heavy atom. The van der Waals surface area contributed by atoms with E-state index in [4.69, 9.17) is 4.74 Å². The monoisotopic (exact) mass is 538 g/mol. The number of benzene rings is 1. The average molecular weight is 539 g/mol. The number of unbranched alkanes of at least 4 members (excludes halogenated alkanes) is 1. The first-order chi connectivity index (χ1) is 18.1. The molecule has 38 heavy (non-hydrogen) atoms. The Kier molecular flexibility index (Phi) is 10.1. The predicted octanol–water partition coefficient (Wildman–Crippen LogP) is 0.482. The molecular formula is C24H32F2N6O6. The molecule has 2 aromatic rings. The highest BCUT2D eigenvalue weighted by Crippen LogP contribution is 2.22. The van der Waals surface area contributed by atoms with Gasteiger partial charge in [0.15, 0.2) is 5.82 Å². The number of aliphatic carboxylic acids is 1. The van der Waals surface area contributed by atoms with Crippen LogP contribution in [0.4, 0.5) is 13.6 Å². The Bertz CT molecular complexity index is 1250. The first-order valence-electron chi connectivity index (χ1n) is 12.3. The lowest BCUT2D eigenvalue weighted by molar-refractivity contribution is -0.139. The minimum absolute atomic E-state index is 0.105. The van der Waals surface area contributed by atoms with Crippen molar-refractivity contribution in [2.24, 2.45) is 7.05 Å². The number of pyridine rings is 1. The van der Waals surface area contributed by atoms with Gasteiger partial charge in [-0.05, 0) is 32.0 Å². The smallest absolute Gasteiger partial charge is 0.407 e. The minimum Gasteiger partial charge on any atom is -0.480 e. The number of ether oxygens (including phenoxy) is 1. The Labute approximate surface area is 217 Å². The van der Waals surface area contributed by atoms with Crippen LogP contribution in [0.2, 0.25) is 0 Å². The van der Waals surface area contributed by atoms with Gasteiger partial charge in [-0.15, -0.1) is 0 Å². The van der Waals surface area contributed by atoms with E-state index in [1.807, 2.05) is 6.92 Å². The summed E-state index contributed by atoms with van der Waals surface area (Å²) < 4.78 is 36.3. The third-order valence-corrected chi connectivity index (χ3v) is 6.02. The predicted molar refractivity (Wildman–Crippen MR) is 134 cm³/mol. The number of halogens is 2. The lowest BCUT2D eigenvalue weighted by Crippen LogP contribution is -2.56. The Balaban J connectivity index is 1.77. The molecule has 2 heterocycles. The Hall–Kier alpha value is -3.62. The highest BCUT2D eigenvalue weighted by molar-refractivity contribution is 5.97. The van der Waals surface area contributed by atoms with Crippen LogP contribution >= 0.6 is 0 Å². The van der Waals surface area contributed by atoms with Crippen LogP contribution in [-0.2, 0) is 23.1 Å². The first kappa shape index (κ1) is 28.9. The zero-order valence-corrected chi connectivity index (χ0v) is 21.2. The molecular weight excluding hydrogens is 506 g/mol. The van der Waals surface area contributed by atoms with Crippen molar-refractivity contribution >= 4 is 28.9 Å². The molecule has 0 bridgehead atoms. The molecule has 1 unspecified atom stereocenters. The van der Waals surface area contributed by atoms with E-state index in [9.17, 15) is 28.7 Å². The molecule has 1 aliphatic rings. The summed E-state index contributed by atoms with van der Waals surface area (Å²) in [6.45, 7) is 2.78. The third kappa shape index (κ3) is 7.02. The summed E-state index contributed by atoms with van der Waals surface area (Å²) in [7, 11) is 1.40. The lowest BCUT2D eigenvalue weighted by Gasteiger charge is -2.26. The van der Waals surface area contributed by atoms with Gasteiger partial charge in [0.2, 0.25) is 5.43 Å². The van der Waals surface area contributed by atoms with Gasteiger partial charge in [-0.25, -0.2) is 18.4 Å². The number of carboxylic acids is 1. The van der Waals surface area contributed by atoms with E-state index in [-0.39, 0.29) is 35.9 Å². The molecule has 1 atom stereocenters. The highest BCUT2D eigenvalue weighted by Gasteiger charge is 2.25. The van der Waals surface area contributed by atoms with Crippen LogP contribution in [0.1, 0.15) is 42.1 Å². The molecule has 1 aromatic heterocycles. The second-order valence-electron chi connectivity index (χ2n) is 8.84. The van der Waals surface area contributed by atoms with Gasteiger partial charge in [0.05, 0.1) is 17.5 Å². The molecule has 0 aliphatic carbocycles. The zero-order valence-electron chi connectivity index (χ0n) is 21.2. The molecule has 2 amide bonds. The summed E-state index contributed by atoms with van der Waals surface area (Å²) in [6, 6.07) is -0.653. The van der Waals surface area contributed by atoms with Crippen molar-refractivity contribution in [1.82, 2.24) is 31.2 Å². The van der Waals surface area contributed by atoms with Gasteiger partial charge < -0.3 is 25.0 Å². The quantitative estimate of drug-likeness (QED) is 0.224. The number of hydrogen-bond acceptors (Lipinski definition) is 8. The van der Waals surface area contributed by atoms with Crippen LogP contribution in [0.3, 0.4) is 0 Å². The van der Waals surface area contributed by atoms with Crippen molar-refractivity contribution < 1.29 is 33.0 Å². The van der Waals surface area contributed by atoms with E-state index < -0.39 is 53.2 Å². The molecule has 1 saturated heterocycles. The normalized spacial score (nSPS) is 14.7. The number of aromatic nitrogens is 1. The number of carbonyl (C=O) groups is 3. The van der Waals surface area contributed by atoms with Crippen molar-refractivity contribution in [3.63, 3.8) is 0 Å². The van der Waals surface area contributed by atoms with Gasteiger partial charge in [-0.2, -0.15) is 0 Å². The second kappa shape index (κ2) is 13.3.